The molecule has 2 aromatic heterocycles. The van der Waals surface area contributed by atoms with E-state index in [9.17, 15) is 4.79 Å². The lowest BCUT2D eigenvalue weighted by Gasteiger charge is -2.30. The number of nitrogens with one attached hydrogen (secondary N) is 1. The Kier molecular flexibility index (Phi) is 7.09. The average molecular weight is 438 g/mol. The maximum Gasteiger partial charge on any atom is 0.223 e. The molecule has 0 radical (unpaired) electrons. The molecular weight excluding hydrogens is 410 g/mol. The molecule has 1 N–H and O–H groups in total. The lowest BCUT2D eigenvalue weighted by Crippen LogP contribution is -2.41. The van der Waals surface area contributed by atoms with E-state index in [-0.39, 0.29) is 11.8 Å². The van der Waals surface area contributed by atoms with Gasteiger partial charge in [-0.1, -0.05) is 18.2 Å². The van der Waals surface area contributed by atoms with Crippen LogP contribution in [0.4, 0.5) is 5.13 Å². The van der Waals surface area contributed by atoms with Crippen LogP contribution in [0.3, 0.4) is 0 Å². The summed E-state index contributed by atoms with van der Waals surface area (Å²) in [5.41, 5.74) is 2.13. The van der Waals surface area contributed by atoms with Crippen molar-refractivity contribution in [2.24, 2.45) is 5.92 Å². The highest BCUT2D eigenvalue weighted by molar-refractivity contribution is 7.09. The van der Waals surface area contributed by atoms with E-state index in [2.05, 4.69) is 25.6 Å². The zero-order valence-corrected chi connectivity index (χ0v) is 18.5. The summed E-state index contributed by atoms with van der Waals surface area (Å²) >= 11 is 1.43. The fourth-order valence-electron chi connectivity index (χ4n) is 3.75. The number of nitrogens with zero attached hydrogens (tertiary/aromatic N) is 4. The van der Waals surface area contributed by atoms with Gasteiger partial charge in [-0.05, 0) is 42.7 Å². The van der Waals surface area contributed by atoms with Gasteiger partial charge in [-0.15, -0.1) is 0 Å². The second-order valence-corrected chi connectivity index (χ2v) is 8.38. The van der Waals surface area contributed by atoms with Gasteiger partial charge in [-0.3, -0.25) is 9.78 Å². The number of carbonyl (C=O) groups excluding carboxylic acids is 1. The van der Waals surface area contributed by atoms with Crippen molar-refractivity contribution in [3.63, 3.8) is 0 Å². The van der Waals surface area contributed by atoms with Crippen LogP contribution in [0.5, 0.6) is 5.75 Å². The van der Waals surface area contributed by atoms with E-state index < -0.39 is 0 Å². The topological polar surface area (TPSA) is 80.2 Å². The first-order chi connectivity index (χ1) is 15.2. The Morgan fingerprint density at radius 2 is 2.10 bits per heavy atom. The van der Waals surface area contributed by atoms with Crippen molar-refractivity contribution in [2.45, 2.75) is 25.7 Å². The number of amides is 1. The molecule has 1 aliphatic rings. The molecule has 3 heterocycles. The van der Waals surface area contributed by atoms with Crippen LogP contribution in [0.2, 0.25) is 0 Å². The highest BCUT2D eigenvalue weighted by Crippen LogP contribution is 2.26. The average Bonchev–Trinajstić information content (AvgIpc) is 3.28. The lowest BCUT2D eigenvalue weighted by atomic mass is 9.96. The van der Waals surface area contributed by atoms with Gasteiger partial charge >= 0.3 is 0 Å². The molecule has 3 aromatic rings. The molecule has 1 saturated heterocycles. The SMILES string of the molecule is COc1cccc(Cc2nsc(N3CCC(C(=O)NCCc4ccccn4)CC3)n2)c1. The molecule has 0 saturated carbocycles. The van der Waals surface area contributed by atoms with Crippen molar-refractivity contribution in [1.29, 1.82) is 0 Å². The van der Waals surface area contributed by atoms with Gasteiger partial charge in [0.05, 0.1) is 7.11 Å². The van der Waals surface area contributed by atoms with Crippen LogP contribution in [0.1, 0.15) is 29.9 Å². The standard InChI is InChI=1S/C23H27N5O2S/c1-30-20-7-4-5-17(15-20)16-21-26-23(31-27-21)28-13-9-18(10-14-28)22(29)25-12-8-19-6-2-3-11-24-19/h2-7,11,15,18H,8-10,12-14,16H2,1H3,(H,25,29). The zero-order chi connectivity index (χ0) is 21.5. The molecule has 0 aliphatic carbocycles. The van der Waals surface area contributed by atoms with Crippen LogP contribution in [0.25, 0.3) is 0 Å². The molecular formula is C23H27N5O2S. The summed E-state index contributed by atoms with van der Waals surface area (Å²) in [6, 6.07) is 13.8. The summed E-state index contributed by atoms with van der Waals surface area (Å²) in [5, 5.41) is 4.00. The molecule has 162 valence electrons. The monoisotopic (exact) mass is 437 g/mol. The highest BCUT2D eigenvalue weighted by atomic mass is 32.1. The largest absolute Gasteiger partial charge is 0.497 e. The van der Waals surface area contributed by atoms with Crippen LogP contribution in [0.15, 0.2) is 48.7 Å². The van der Waals surface area contributed by atoms with E-state index in [1.807, 2.05) is 36.4 Å². The van der Waals surface area contributed by atoms with Gasteiger partial charge in [-0.25, -0.2) is 4.98 Å². The smallest absolute Gasteiger partial charge is 0.223 e. The quantitative estimate of drug-likeness (QED) is 0.583. The summed E-state index contributed by atoms with van der Waals surface area (Å²) in [5.74, 6) is 1.87. The third kappa shape index (κ3) is 5.79. The maximum absolute atomic E-state index is 12.5. The van der Waals surface area contributed by atoms with Crippen molar-refractivity contribution in [2.75, 3.05) is 31.6 Å². The molecule has 4 rings (SSSR count). The Morgan fingerprint density at radius 1 is 1.23 bits per heavy atom. The Bertz CT molecular complexity index is 986. The maximum atomic E-state index is 12.5. The van der Waals surface area contributed by atoms with E-state index >= 15 is 0 Å². The van der Waals surface area contributed by atoms with Gasteiger partial charge in [0.1, 0.15) is 11.6 Å². The number of hydrogen-bond acceptors (Lipinski definition) is 7. The van der Waals surface area contributed by atoms with Gasteiger partial charge < -0.3 is 15.0 Å². The Morgan fingerprint density at radius 3 is 2.87 bits per heavy atom. The lowest BCUT2D eigenvalue weighted by molar-refractivity contribution is -0.125. The molecule has 0 atom stereocenters. The van der Waals surface area contributed by atoms with Gasteiger partial charge in [0, 0.05) is 61.8 Å². The number of hydrogen-bond donors (Lipinski definition) is 1. The van der Waals surface area contributed by atoms with E-state index in [0.29, 0.717) is 13.0 Å². The minimum Gasteiger partial charge on any atom is -0.497 e. The van der Waals surface area contributed by atoms with Crippen molar-refractivity contribution >= 4 is 22.6 Å². The minimum atomic E-state index is 0.0594. The highest BCUT2D eigenvalue weighted by Gasteiger charge is 2.26. The van der Waals surface area contributed by atoms with Gasteiger partial charge in [0.25, 0.3) is 0 Å². The normalized spacial score (nSPS) is 14.4. The van der Waals surface area contributed by atoms with E-state index in [1.54, 1.807) is 13.3 Å². The predicted octanol–water partition coefficient (Wildman–Crippen LogP) is 3.11. The van der Waals surface area contributed by atoms with Gasteiger partial charge in [0.2, 0.25) is 11.0 Å². The second-order valence-electron chi connectivity index (χ2n) is 7.64. The number of ether oxygens (including phenoxy) is 1. The second kappa shape index (κ2) is 10.3. The fourth-order valence-corrected chi connectivity index (χ4v) is 4.48. The molecule has 0 unspecified atom stereocenters. The number of benzene rings is 1. The van der Waals surface area contributed by atoms with Crippen LogP contribution >= 0.6 is 11.5 Å². The summed E-state index contributed by atoms with van der Waals surface area (Å²) in [7, 11) is 1.67. The molecule has 1 fully saturated rings. The molecule has 1 amide bonds. The van der Waals surface area contributed by atoms with E-state index in [0.717, 1.165) is 60.3 Å². The number of aromatic nitrogens is 3. The number of methoxy groups -OCH3 is 1. The molecule has 7 nitrogen and oxygen atoms in total. The number of piperidine rings is 1. The molecule has 0 spiro atoms. The van der Waals surface area contributed by atoms with Crippen molar-refractivity contribution in [3.05, 3.63) is 65.7 Å². The van der Waals surface area contributed by atoms with Gasteiger partial charge in [-0.2, -0.15) is 4.37 Å². The number of pyridine rings is 1. The number of carbonyl (C=O) groups is 1. The van der Waals surface area contributed by atoms with Crippen LogP contribution in [-0.4, -0.2) is 47.0 Å². The number of anilines is 1. The minimum absolute atomic E-state index is 0.0594. The first-order valence-electron chi connectivity index (χ1n) is 10.6. The molecule has 1 aromatic carbocycles. The predicted molar refractivity (Wildman–Crippen MR) is 122 cm³/mol. The van der Waals surface area contributed by atoms with Crippen molar-refractivity contribution < 1.29 is 9.53 Å². The molecule has 31 heavy (non-hydrogen) atoms. The molecule has 0 bridgehead atoms. The Labute approximate surface area is 186 Å². The van der Waals surface area contributed by atoms with Gasteiger partial charge in [0.15, 0.2) is 0 Å². The summed E-state index contributed by atoms with van der Waals surface area (Å²) in [6.45, 7) is 2.28. The zero-order valence-electron chi connectivity index (χ0n) is 17.7. The van der Waals surface area contributed by atoms with Crippen LogP contribution < -0.4 is 15.0 Å². The third-order valence-corrected chi connectivity index (χ3v) is 6.31. The third-order valence-electron chi connectivity index (χ3n) is 5.50. The number of rotatable bonds is 8. The van der Waals surface area contributed by atoms with Crippen LogP contribution in [0, 0.1) is 5.92 Å². The Balaban J connectivity index is 1.23. The van der Waals surface area contributed by atoms with Crippen molar-refractivity contribution in [3.8, 4) is 5.75 Å². The van der Waals surface area contributed by atoms with E-state index in [1.165, 1.54) is 11.5 Å². The van der Waals surface area contributed by atoms with Crippen LogP contribution in [-0.2, 0) is 17.6 Å². The summed E-state index contributed by atoms with van der Waals surface area (Å²) in [4.78, 5) is 23.8. The first kappa shape index (κ1) is 21.2. The Hall–Kier alpha value is -3.00. The summed E-state index contributed by atoms with van der Waals surface area (Å²) < 4.78 is 9.82. The fraction of sp³-hybridized carbons (Fsp3) is 0.391. The van der Waals surface area contributed by atoms with E-state index in [4.69, 9.17) is 9.72 Å². The molecule has 1 aliphatic heterocycles. The summed E-state index contributed by atoms with van der Waals surface area (Å²) in [6.07, 6.45) is 4.89. The van der Waals surface area contributed by atoms with Crippen molar-refractivity contribution in [1.82, 2.24) is 19.7 Å². The first-order valence-corrected chi connectivity index (χ1v) is 11.4. The molecule has 8 heteroatoms.